The van der Waals surface area contributed by atoms with Gasteiger partial charge in [-0.3, -0.25) is 14.9 Å². The summed E-state index contributed by atoms with van der Waals surface area (Å²) in [7, 11) is 0. The average molecular weight is 313 g/mol. The van der Waals surface area contributed by atoms with E-state index in [0.29, 0.717) is 11.0 Å². The van der Waals surface area contributed by atoms with E-state index in [-0.39, 0.29) is 11.6 Å². The van der Waals surface area contributed by atoms with Crippen LogP contribution in [-0.4, -0.2) is 34.9 Å². The molecule has 1 heterocycles. The molecule has 1 aromatic rings. The number of thioether (sulfide) groups is 1. The highest BCUT2D eigenvalue weighted by atomic mass is 32.2. The zero-order valence-corrected chi connectivity index (χ0v) is 12.1. The second-order valence-electron chi connectivity index (χ2n) is 4.73. The van der Waals surface area contributed by atoms with Gasteiger partial charge in [-0.2, -0.15) is 4.39 Å². The van der Waals surface area contributed by atoms with Crippen LogP contribution in [0.15, 0.2) is 18.2 Å². The zero-order chi connectivity index (χ0) is 15.2. The van der Waals surface area contributed by atoms with Crippen molar-refractivity contribution < 1.29 is 14.1 Å². The average Bonchev–Trinajstić information content (AvgIpc) is 2.46. The standard InChI is InChI=1S/C13H16FN3O3S/c14-11-7-9(1-2-12(11)17(19)20)16-13(18)8-21-10-3-5-15-6-4-10/h1-2,7,10,15H,3-6,8H2,(H,16,18). The molecule has 1 fully saturated rings. The molecule has 1 aliphatic heterocycles. The molecule has 0 saturated carbocycles. The lowest BCUT2D eigenvalue weighted by molar-refractivity contribution is -0.387. The zero-order valence-electron chi connectivity index (χ0n) is 11.3. The number of carbonyl (C=O) groups excluding carboxylic acids is 1. The lowest BCUT2D eigenvalue weighted by Crippen LogP contribution is -2.30. The molecule has 0 aromatic heterocycles. The minimum atomic E-state index is -0.955. The first-order chi connectivity index (χ1) is 10.1. The Bertz CT molecular complexity index is 535. The number of halogens is 1. The van der Waals surface area contributed by atoms with Gasteiger partial charge < -0.3 is 10.6 Å². The van der Waals surface area contributed by atoms with Crippen LogP contribution in [0.25, 0.3) is 0 Å². The number of nitro groups is 1. The molecule has 1 saturated heterocycles. The van der Waals surface area contributed by atoms with E-state index in [2.05, 4.69) is 10.6 Å². The maximum absolute atomic E-state index is 13.4. The Hall–Kier alpha value is -1.67. The van der Waals surface area contributed by atoms with E-state index >= 15 is 0 Å². The van der Waals surface area contributed by atoms with Gasteiger partial charge in [0.15, 0.2) is 0 Å². The van der Waals surface area contributed by atoms with Crippen molar-refractivity contribution in [1.82, 2.24) is 5.32 Å². The Morgan fingerprint density at radius 3 is 2.81 bits per heavy atom. The quantitative estimate of drug-likeness (QED) is 0.643. The van der Waals surface area contributed by atoms with E-state index in [1.165, 1.54) is 6.07 Å². The van der Waals surface area contributed by atoms with Gasteiger partial charge in [0.05, 0.1) is 10.7 Å². The van der Waals surface area contributed by atoms with Crippen LogP contribution in [0, 0.1) is 15.9 Å². The van der Waals surface area contributed by atoms with Crippen LogP contribution in [0.4, 0.5) is 15.8 Å². The smallest absolute Gasteiger partial charge is 0.304 e. The lowest BCUT2D eigenvalue weighted by Gasteiger charge is -2.21. The molecular formula is C13H16FN3O3S. The molecule has 21 heavy (non-hydrogen) atoms. The van der Waals surface area contributed by atoms with Gasteiger partial charge in [0.2, 0.25) is 11.7 Å². The number of hydrogen-bond donors (Lipinski definition) is 2. The number of hydrogen-bond acceptors (Lipinski definition) is 5. The fraction of sp³-hybridized carbons (Fsp3) is 0.462. The van der Waals surface area contributed by atoms with Crippen LogP contribution in [0.2, 0.25) is 0 Å². The number of nitrogens with zero attached hydrogens (tertiary/aromatic N) is 1. The SMILES string of the molecule is O=C(CSC1CCNCC1)Nc1ccc([N+](=O)[O-])c(F)c1. The summed E-state index contributed by atoms with van der Waals surface area (Å²) in [5.41, 5.74) is -0.369. The van der Waals surface area contributed by atoms with Gasteiger partial charge in [-0.05, 0) is 32.0 Å². The van der Waals surface area contributed by atoms with Crippen molar-refractivity contribution in [3.8, 4) is 0 Å². The van der Waals surface area contributed by atoms with Gasteiger partial charge in [0.25, 0.3) is 0 Å². The molecule has 0 aliphatic carbocycles. The van der Waals surface area contributed by atoms with Crippen LogP contribution in [0.5, 0.6) is 0 Å². The summed E-state index contributed by atoms with van der Waals surface area (Å²) in [5, 5.41) is 16.8. The Kier molecular flexibility index (Phi) is 5.51. The number of amides is 1. The molecule has 2 N–H and O–H groups in total. The van der Waals surface area contributed by atoms with Gasteiger partial charge in [0, 0.05) is 23.1 Å². The Labute approximate surface area is 125 Å². The first kappa shape index (κ1) is 15.7. The van der Waals surface area contributed by atoms with E-state index in [0.717, 1.165) is 38.1 Å². The fourth-order valence-corrected chi connectivity index (χ4v) is 3.11. The predicted molar refractivity (Wildman–Crippen MR) is 80.0 cm³/mol. The number of anilines is 1. The van der Waals surface area contributed by atoms with Gasteiger partial charge >= 0.3 is 5.69 Å². The first-order valence-electron chi connectivity index (χ1n) is 6.62. The Morgan fingerprint density at radius 2 is 2.19 bits per heavy atom. The van der Waals surface area contributed by atoms with Gasteiger partial charge in [-0.25, -0.2) is 0 Å². The van der Waals surface area contributed by atoms with Crippen molar-refractivity contribution in [2.75, 3.05) is 24.2 Å². The summed E-state index contributed by atoms with van der Waals surface area (Å²) >= 11 is 1.58. The van der Waals surface area contributed by atoms with Crippen molar-refractivity contribution in [3.05, 3.63) is 34.1 Å². The van der Waals surface area contributed by atoms with Crippen molar-refractivity contribution in [2.24, 2.45) is 0 Å². The molecule has 2 rings (SSSR count). The molecule has 0 unspecified atom stereocenters. The van der Waals surface area contributed by atoms with Gasteiger partial charge in [0.1, 0.15) is 0 Å². The van der Waals surface area contributed by atoms with Gasteiger partial charge in [-0.15, -0.1) is 11.8 Å². The summed E-state index contributed by atoms with van der Waals surface area (Å²) in [6, 6.07) is 3.34. The Morgan fingerprint density at radius 1 is 1.48 bits per heavy atom. The molecule has 0 atom stereocenters. The summed E-state index contributed by atoms with van der Waals surface area (Å²) in [6.07, 6.45) is 2.06. The lowest BCUT2D eigenvalue weighted by atomic mass is 10.2. The van der Waals surface area contributed by atoms with Crippen molar-refractivity contribution in [1.29, 1.82) is 0 Å². The van der Waals surface area contributed by atoms with Gasteiger partial charge in [-0.1, -0.05) is 0 Å². The molecule has 8 heteroatoms. The number of benzene rings is 1. The van der Waals surface area contributed by atoms with E-state index in [1.807, 2.05) is 0 Å². The Balaban J connectivity index is 1.84. The maximum Gasteiger partial charge on any atom is 0.304 e. The largest absolute Gasteiger partial charge is 0.325 e. The minimum Gasteiger partial charge on any atom is -0.325 e. The van der Waals surface area contributed by atoms with Crippen molar-refractivity contribution in [3.63, 3.8) is 0 Å². The van der Waals surface area contributed by atoms with Crippen LogP contribution in [0.1, 0.15) is 12.8 Å². The number of piperidine rings is 1. The third-order valence-electron chi connectivity index (χ3n) is 3.16. The molecule has 1 aliphatic rings. The maximum atomic E-state index is 13.4. The van der Waals surface area contributed by atoms with E-state index in [1.54, 1.807) is 11.8 Å². The highest BCUT2D eigenvalue weighted by Crippen LogP contribution is 2.22. The summed E-state index contributed by atoms with van der Waals surface area (Å²) in [6.45, 7) is 1.93. The first-order valence-corrected chi connectivity index (χ1v) is 7.67. The molecule has 1 aromatic carbocycles. The number of rotatable bonds is 5. The second-order valence-corrected chi connectivity index (χ2v) is 6.02. The molecule has 6 nitrogen and oxygen atoms in total. The summed E-state index contributed by atoms with van der Waals surface area (Å²) in [4.78, 5) is 21.5. The molecular weight excluding hydrogens is 297 g/mol. The van der Waals surface area contributed by atoms with E-state index in [4.69, 9.17) is 0 Å². The molecule has 0 radical (unpaired) electrons. The molecule has 0 bridgehead atoms. The van der Waals surface area contributed by atoms with E-state index < -0.39 is 16.4 Å². The number of nitrogens with one attached hydrogen (secondary N) is 2. The normalized spacial score (nSPS) is 15.7. The molecule has 114 valence electrons. The molecule has 1 amide bonds. The number of nitro benzene ring substituents is 1. The monoisotopic (exact) mass is 313 g/mol. The van der Waals surface area contributed by atoms with Crippen LogP contribution in [0.3, 0.4) is 0 Å². The third kappa shape index (κ3) is 4.68. The summed E-state index contributed by atoms with van der Waals surface area (Å²) in [5.74, 6) is -0.890. The number of carbonyl (C=O) groups is 1. The van der Waals surface area contributed by atoms with Crippen LogP contribution >= 0.6 is 11.8 Å². The van der Waals surface area contributed by atoms with Crippen LogP contribution < -0.4 is 10.6 Å². The van der Waals surface area contributed by atoms with E-state index in [9.17, 15) is 19.3 Å². The fourth-order valence-electron chi connectivity index (χ4n) is 2.09. The molecule has 0 spiro atoms. The highest BCUT2D eigenvalue weighted by Gasteiger charge is 2.17. The topological polar surface area (TPSA) is 84.3 Å². The predicted octanol–water partition coefficient (Wildman–Crippen LogP) is 2.16. The second kappa shape index (κ2) is 7.37. The highest BCUT2D eigenvalue weighted by molar-refractivity contribution is 8.00. The van der Waals surface area contributed by atoms with Crippen molar-refractivity contribution >= 4 is 29.0 Å². The minimum absolute atomic E-state index is 0.230. The third-order valence-corrected chi connectivity index (χ3v) is 4.54. The van der Waals surface area contributed by atoms with Crippen LogP contribution in [-0.2, 0) is 4.79 Å². The summed E-state index contributed by atoms with van der Waals surface area (Å²) < 4.78 is 13.4. The van der Waals surface area contributed by atoms with Crippen molar-refractivity contribution in [2.45, 2.75) is 18.1 Å².